The van der Waals surface area contributed by atoms with Gasteiger partial charge in [-0.25, -0.2) is 0 Å². The summed E-state index contributed by atoms with van der Waals surface area (Å²) in [4.78, 5) is 0. The largest absolute Gasteiger partial charge is 0.221 e. The van der Waals surface area contributed by atoms with Crippen LogP contribution in [0.3, 0.4) is 0 Å². The van der Waals surface area contributed by atoms with Gasteiger partial charge < -0.3 is 0 Å². The molecule has 44 valence electrons. The fraction of sp³-hybridized carbons (Fsp3) is 1.00. The van der Waals surface area contributed by atoms with E-state index in [-0.39, 0.29) is 0 Å². The second-order valence-electron chi connectivity index (χ2n) is 1.27. The van der Waals surface area contributed by atoms with Crippen LogP contribution < -0.4 is 0 Å². The van der Waals surface area contributed by atoms with Crippen molar-refractivity contribution in [1.29, 1.82) is 0 Å². The Bertz CT molecular complexity index is 48.6. The molecule has 0 spiro atoms. The Morgan fingerprint density at radius 1 is 1.29 bits per heavy atom. The van der Waals surface area contributed by atoms with Gasteiger partial charge in [-0.1, -0.05) is 6.92 Å². The molecule has 0 aromatic carbocycles. The van der Waals surface area contributed by atoms with Crippen molar-refractivity contribution in [1.82, 2.24) is 0 Å². The van der Waals surface area contributed by atoms with Gasteiger partial charge in [0.1, 0.15) is 0 Å². The number of halogens is 3. The quantitative estimate of drug-likeness (QED) is 0.665. The van der Waals surface area contributed by atoms with Gasteiger partial charge in [0, 0.05) is 0 Å². The molecule has 7 heavy (non-hydrogen) atoms. The van der Waals surface area contributed by atoms with E-state index in [0.29, 0.717) is 0 Å². The van der Waals surface area contributed by atoms with Crippen molar-refractivity contribution in [3.63, 3.8) is 0 Å². The molecular formula is C3H7Br3P+. The second kappa shape index (κ2) is 3.81. The molecular weight excluding hydrogens is 307 g/mol. The molecule has 4 heteroatoms. The van der Waals surface area contributed by atoms with Gasteiger partial charge >= 0.3 is 0 Å². The first-order valence-corrected chi connectivity index (χ1v) is 10.1. The number of hydrogen-bond acceptors (Lipinski definition) is 0. The maximum atomic E-state index is 3.48. The third-order valence-electron chi connectivity index (χ3n) is 0.477. The predicted octanol–water partition coefficient (Wildman–Crippen LogP) is 4.34. The van der Waals surface area contributed by atoms with Gasteiger partial charge in [-0.15, -0.1) is 0 Å². The molecule has 0 amide bonds. The van der Waals surface area contributed by atoms with Gasteiger partial charge in [0.05, 0.1) is 6.16 Å². The van der Waals surface area contributed by atoms with Crippen molar-refractivity contribution in [2.75, 3.05) is 6.16 Å². The van der Waals surface area contributed by atoms with E-state index in [4.69, 9.17) is 0 Å². The lowest BCUT2D eigenvalue weighted by Gasteiger charge is -1.95. The summed E-state index contributed by atoms with van der Waals surface area (Å²) in [5, 5.41) is 0. The zero-order valence-corrected chi connectivity index (χ0v) is 9.65. The molecule has 0 aromatic heterocycles. The lowest BCUT2D eigenvalue weighted by Crippen LogP contribution is -1.70. The van der Waals surface area contributed by atoms with Crippen LogP contribution in [0.5, 0.6) is 0 Å². The highest BCUT2D eigenvalue weighted by Gasteiger charge is 2.27. The van der Waals surface area contributed by atoms with Crippen LogP contribution in [0.15, 0.2) is 0 Å². The molecule has 0 rings (SSSR count). The Hall–Kier alpha value is 1.87. The zero-order valence-electron chi connectivity index (χ0n) is 4.00. The highest BCUT2D eigenvalue weighted by atomic mass is 80.0. The van der Waals surface area contributed by atoms with E-state index in [1.165, 1.54) is 12.6 Å². The Balaban J connectivity index is 3.15. The Morgan fingerprint density at radius 2 is 1.71 bits per heavy atom. The Morgan fingerprint density at radius 3 is 1.71 bits per heavy atom. The van der Waals surface area contributed by atoms with Gasteiger partial charge in [0.2, 0.25) is 3.37 Å². The molecule has 0 saturated carbocycles. The average Bonchev–Trinajstić information content (AvgIpc) is 1.30. The summed E-state index contributed by atoms with van der Waals surface area (Å²) in [6.07, 6.45) is 2.42. The first-order chi connectivity index (χ1) is 3.06. The van der Waals surface area contributed by atoms with Crippen LogP contribution >= 0.6 is 49.8 Å². The lowest BCUT2D eigenvalue weighted by atomic mass is 10.6. The van der Waals surface area contributed by atoms with Crippen molar-refractivity contribution in [2.45, 2.75) is 13.3 Å². The standard InChI is InChI=1S/C3H7Br3P/c1-2-3-7(4,5)6/h2-3H2,1H3/q+1. The van der Waals surface area contributed by atoms with Gasteiger partial charge in [-0.3, -0.25) is 0 Å². The van der Waals surface area contributed by atoms with E-state index >= 15 is 0 Å². The molecule has 0 saturated heterocycles. The van der Waals surface area contributed by atoms with Gasteiger partial charge in [-0.05, 0) is 6.42 Å². The smallest absolute Gasteiger partial charge is 0.0618 e. The molecule has 0 N–H and O–H groups in total. The minimum Gasteiger partial charge on any atom is -0.0618 e. The van der Waals surface area contributed by atoms with Gasteiger partial charge in [0.25, 0.3) is 0 Å². The van der Waals surface area contributed by atoms with Crippen LogP contribution in [0.1, 0.15) is 13.3 Å². The maximum Gasteiger partial charge on any atom is 0.221 e. The van der Waals surface area contributed by atoms with Gasteiger partial charge in [-0.2, -0.15) is 0 Å². The van der Waals surface area contributed by atoms with Crippen molar-refractivity contribution in [3.05, 3.63) is 0 Å². The molecule has 0 aromatic rings. The van der Waals surface area contributed by atoms with E-state index in [1.54, 1.807) is 0 Å². The van der Waals surface area contributed by atoms with E-state index in [1.807, 2.05) is 0 Å². The molecule has 0 radical (unpaired) electrons. The summed E-state index contributed by atoms with van der Waals surface area (Å²) in [5.41, 5.74) is 0. The summed E-state index contributed by atoms with van der Waals surface area (Å²) >= 11 is 10.4. The van der Waals surface area contributed by atoms with Gasteiger partial charge in [0.15, 0.2) is 46.5 Å². The minimum absolute atomic E-state index is 0.978. The van der Waals surface area contributed by atoms with Crippen molar-refractivity contribution in [2.24, 2.45) is 0 Å². The summed E-state index contributed by atoms with van der Waals surface area (Å²) in [5.74, 6) is 0. The second-order valence-corrected chi connectivity index (χ2v) is 22.3. The topological polar surface area (TPSA) is 0 Å². The SMILES string of the molecule is CCC[P+](Br)(Br)Br. The van der Waals surface area contributed by atoms with Crippen LogP contribution in [-0.2, 0) is 0 Å². The predicted molar refractivity (Wildman–Crippen MR) is 48.9 cm³/mol. The lowest BCUT2D eigenvalue weighted by molar-refractivity contribution is 1.11. The molecule has 0 aliphatic heterocycles. The summed E-state index contributed by atoms with van der Waals surface area (Å²) in [6.45, 7) is 2.17. The number of rotatable bonds is 2. The van der Waals surface area contributed by atoms with Crippen LogP contribution in [0.4, 0.5) is 0 Å². The van der Waals surface area contributed by atoms with Crippen molar-refractivity contribution in [3.8, 4) is 0 Å². The monoisotopic (exact) mass is 311 g/mol. The third kappa shape index (κ3) is 7.87. The molecule has 0 heterocycles. The van der Waals surface area contributed by atoms with E-state index in [9.17, 15) is 0 Å². The summed E-state index contributed by atoms with van der Waals surface area (Å²) < 4.78 is -0.978. The molecule has 0 aliphatic rings. The molecule has 0 bridgehead atoms. The molecule has 0 aliphatic carbocycles. The Kier molecular flexibility index (Phi) is 4.83. The third-order valence-corrected chi connectivity index (χ3v) is 4.62. The fourth-order valence-corrected chi connectivity index (χ4v) is 3.95. The van der Waals surface area contributed by atoms with Crippen molar-refractivity contribution >= 4 is 49.8 Å². The normalized spacial score (nSPS) is 12.0. The van der Waals surface area contributed by atoms with Crippen LogP contribution in [0.2, 0.25) is 0 Å². The van der Waals surface area contributed by atoms with Crippen LogP contribution in [-0.4, -0.2) is 6.16 Å². The first-order valence-electron chi connectivity index (χ1n) is 2.03. The average molecular weight is 314 g/mol. The molecule has 0 atom stereocenters. The van der Waals surface area contributed by atoms with Crippen molar-refractivity contribution < 1.29 is 0 Å². The fourth-order valence-electron chi connectivity index (χ4n) is 0.254. The van der Waals surface area contributed by atoms with E-state index < -0.39 is 3.37 Å². The van der Waals surface area contributed by atoms with E-state index in [0.717, 1.165) is 0 Å². The highest BCUT2D eigenvalue weighted by molar-refractivity contribution is 9.96. The molecule has 0 unspecified atom stereocenters. The summed E-state index contributed by atoms with van der Waals surface area (Å²) in [6, 6.07) is 0. The minimum atomic E-state index is -0.978. The maximum absolute atomic E-state index is 3.48. The highest BCUT2D eigenvalue weighted by Crippen LogP contribution is 2.80. The zero-order chi connectivity index (χ0) is 5.91. The first kappa shape index (κ1) is 8.87. The van der Waals surface area contributed by atoms with E-state index in [2.05, 4.69) is 53.4 Å². The summed E-state index contributed by atoms with van der Waals surface area (Å²) in [7, 11) is 0. The van der Waals surface area contributed by atoms with Crippen LogP contribution in [0, 0.1) is 0 Å². The Labute approximate surface area is 69.0 Å². The number of hydrogen-bond donors (Lipinski definition) is 0. The molecule has 0 nitrogen and oxygen atoms in total. The van der Waals surface area contributed by atoms with Crippen LogP contribution in [0.25, 0.3) is 0 Å². The molecule has 0 fully saturated rings.